The quantitative estimate of drug-likeness (QED) is 0.115. The Hall–Kier alpha value is -4.47. The number of aromatic nitrogens is 4. The fraction of sp³-hybridized carbons (Fsp3) is 0.304. The SMILES string of the molecule is CCCC(C)c1cc(C)cc(C(C)CCC)c1-c1cnn(-c2[c-]c(Oc3[c-]c4c(cc3)c3ccccc3n4-c3cc(C(C)C)ccn3)ccc2)c1.[Pt+2]. The number of hydrogen-bond donors (Lipinski definition) is 0. The molecule has 0 spiro atoms. The van der Waals surface area contributed by atoms with E-state index in [1.807, 2.05) is 41.3 Å². The van der Waals surface area contributed by atoms with Crippen LogP contribution in [0.3, 0.4) is 0 Å². The summed E-state index contributed by atoms with van der Waals surface area (Å²) in [7, 11) is 0. The number of nitrogens with zero attached hydrogens (tertiary/aromatic N) is 4. The smallest absolute Gasteiger partial charge is 0.509 e. The van der Waals surface area contributed by atoms with Gasteiger partial charge in [0.25, 0.3) is 0 Å². The number of aryl methyl sites for hydroxylation is 1. The number of fused-ring (bicyclic) bond motifs is 3. The second-order valence-electron chi connectivity index (χ2n) is 14.4. The van der Waals surface area contributed by atoms with E-state index in [-0.39, 0.29) is 21.1 Å². The zero-order chi connectivity index (χ0) is 35.6. The monoisotopic (exact) mass is 867 g/mol. The molecule has 268 valence electrons. The number of ether oxygens (including phenoxy) is 1. The maximum absolute atomic E-state index is 6.47. The first-order chi connectivity index (χ1) is 24.7. The molecule has 3 heterocycles. The van der Waals surface area contributed by atoms with E-state index in [1.165, 1.54) is 27.8 Å². The predicted molar refractivity (Wildman–Crippen MR) is 211 cm³/mol. The van der Waals surface area contributed by atoms with Crippen molar-refractivity contribution in [1.29, 1.82) is 0 Å². The normalized spacial score (nSPS) is 12.7. The summed E-state index contributed by atoms with van der Waals surface area (Å²) in [6.07, 6.45) is 10.7. The average Bonchev–Trinajstić information content (AvgIpc) is 3.75. The van der Waals surface area contributed by atoms with Crippen molar-refractivity contribution in [2.24, 2.45) is 0 Å². The standard InChI is InChI=1S/C46H48N4O.Pt/c1-8-13-32(6)41-23-31(5)24-42(33(7)14-9-2)46(41)35-28-48-49(29-35)36-15-12-16-37(26-36)51-38-19-20-40-39-17-10-11-18-43(39)50(44(40)27-38)45-25-34(30(3)4)21-22-47-45;/h10-12,15-25,28-30,32-33H,8-9,13-14H2,1-7H3;/q-2;+2. The molecule has 4 aromatic carbocycles. The van der Waals surface area contributed by atoms with Crippen LogP contribution >= 0.6 is 0 Å². The molecule has 0 radical (unpaired) electrons. The largest absolute Gasteiger partial charge is 2.00 e. The van der Waals surface area contributed by atoms with Crippen LogP contribution in [0.4, 0.5) is 0 Å². The molecule has 0 amide bonds. The zero-order valence-corrected chi connectivity index (χ0v) is 33.6. The molecule has 0 bridgehead atoms. The molecule has 7 aromatic rings. The van der Waals surface area contributed by atoms with Gasteiger partial charge in [0, 0.05) is 35.0 Å². The van der Waals surface area contributed by atoms with Gasteiger partial charge in [-0.25, -0.2) is 4.98 Å². The van der Waals surface area contributed by atoms with E-state index in [4.69, 9.17) is 14.8 Å². The van der Waals surface area contributed by atoms with Crippen molar-refractivity contribution in [2.75, 3.05) is 0 Å². The molecule has 0 aliphatic rings. The molecule has 2 atom stereocenters. The van der Waals surface area contributed by atoms with Crippen LogP contribution in [-0.2, 0) is 21.1 Å². The summed E-state index contributed by atoms with van der Waals surface area (Å²) in [6, 6.07) is 34.6. The van der Waals surface area contributed by atoms with Gasteiger partial charge in [-0.3, -0.25) is 4.68 Å². The molecule has 0 saturated carbocycles. The topological polar surface area (TPSA) is 44.9 Å². The molecule has 2 unspecified atom stereocenters. The van der Waals surface area contributed by atoms with E-state index in [9.17, 15) is 0 Å². The van der Waals surface area contributed by atoms with Gasteiger partial charge in [0.1, 0.15) is 5.82 Å². The Bertz CT molecular complexity index is 2280. The molecule has 52 heavy (non-hydrogen) atoms. The minimum absolute atomic E-state index is 0. The Morgan fingerprint density at radius 2 is 1.48 bits per heavy atom. The third kappa shape index (κ3) is 7.39. The predicted octanol–water partition coefficient (Wildman–Crippen LogP) is 12.7. The minimum atomic E-state index is 0. The third-order valence-electron chi connectivity index (χ3n) is 10.2. The van der Waals surface area contributed by atoms with E-state index in [0.717, 1.165) is 64.6 Å². The maximum atomic E-state index is 6.47. The summed E-state index contributed by atoms with van der Waals surface area (Å²) in [4.78, 5) is 4.79. The Labute approximate surface area is 323 Å². The summed E-state index contributed by atoms with van der Waals surface area (Å²) in [5, 5.41) is 7.13. The van der Waals surface area contributed by atoms with Gasteiger partial charge in [0.05, 0.1) is 6.20 Å². The minimum Gasteiger partial charge on any atom is -0.509 e. The molecule has 5 nitrogen and oxygen atoms in total. The summed E-state index contributed by atoms with van der Waals surface area (Å²) in [6.45, 7) is 15.9. The van der Waals surface area contributed by atoms with Crippen LogP contribution in [0.1, 0.15) is 107 Å². The van der Waals surface area contributed by atoms with E-state index < -0.39 is 0 Å². The van der Waals surface area contributed by atoms with Crippen LogP contribution in [0.5, 0.6) is 11.5 Å². The Kier molecular flexibility index (Phi) is 11.5. The summed E-state index contributed by atoms with van der Waals surface area (Å²) in [5.74, 6) is 3.42. The van der Waals surface area contributed by atoms with Crippen LogP contribution in [0.2, 0.25) is 0 Å². The van der Waals surface area contributed by atoms with Crippen LogP contribution < -0.4 is 4.74 Å². The number of hydrogen-bond acceptors (Lipinski definition) is 3. The second kappa shape index (κ2) is 16.0. The second-order valence-corrected chi connectivity index (χ2v) is 14.4. The van der Waals surface area contributed by atoms with Crippen molar-refractivity contribution in [1.82, 2.24) is 19.3 Å². The zero-order valence-electron chi connectivity index (χ0n) is 31.3. The fourth-order valence-electron chi connectivity index (χ4n) is 7.55. The molecular formula is C46H48N4OPt. The van der Waals surface area contributed by atoms with Crippen molar-refractivity contribution in [3.63, 3.8) is 0 Å². The van der Waals surface area contributed by atoms with Crippen LogP contribution in [0.15, 0.2) is 97.5 Å². The first-order valence-electron chi connectivity index (χ1n) is 18.6. The van der Waals surface area contributed by atoms with Crippen molar-refractivity contribution in [3.8, 4) is 34.1 Å². The Morgan fingerprint density at radius 1 is 0.769 bits per heavy atom. The van der Waals surface area contributed by atoms with Crippen LogP contribution in [0.25, 0.3) is 44.4 Å². The van der Waals surface area contributed by atoms with Crippen LogP contribution in [0, 0.1) is 19.1 Å². The van der Waals surface area contributed by atoms with Gasteiger partial charge >= 0.3 is 21.1 Å². The fourth-order valence-corrected chi connectivity index (χ4v) is 7.55. The van der Waals surface area contributed by atoms with Crippen molar-refractivity contribution in [3.05, 3.63) is 132 Å². The summed E-state index contributed by atoms with van der Waals surface area (Å²) in [5.41, 5.74) is 10.7. The summed E-state index contributed by atoms with van der Waals surface area (Å²) >= 11 is 0. The number of rotatable bonds is 12. The van der Waals surface area contributed by atoms with E-state index in [2.05, 4.69) is 126 Å². The molecular weight excluding hydrogens is 820 g/mol. The Morgan fingerprint density at radius 3 is 2.19 bits per heavy atom. The molecule has 6 heteroatoms. The molecule has 0 aliphatic carbocycles. The van der Waals surface area contributed by atoms with E-state index >= 15 is 0 Å². The van der Waals surface area contributed by atoms with Gasteiger partial charge in [0.15, 0.2) is 0 Å². The van der Waals surface area contributed by atoms with Gasteiger partial charge in [0.2, 0.25) is 0 Å². The van der Waals surface area contributed by atoms with Gasteiger partial charge in [-0.1, -0.05) is 95.8 Å². The number of para-hydroxylation sites is 1. The van der Waals surface area contributed by atoms with E-state index in [1.54, 1.807) is 0 Å². The summed E-state index contributed by atoms with van der Waals surface area (Å²) < 4.78 is 10.6. The number of pyridine rings is 1. The van der Waals surface area contributed by atoms with Gasteiger partial charge in [-0.05, 0) is 89.0 Å². The Balaban J connectivity index is 0.00000464. The molecule has 0 fully saturated rings. The number of benzene rings is 4. The molecule has 0 N–H and O–H groups in total. The first-order valence-corrected chi connectivity index (χ1v) is 18.6. The van der Waals surface area contributed by atoms with Gasteiger partial charge in [-0.15, -0.1) is 35.7 Å². The van der Waals surface area contributed by atoms with Gasteiger partial charge < -0.3 is 9.30 Å². The van der Waals surface area contributed by atoms with Gasteiger partial charge in [-0.2, -0.15) is 17.2 Å². The maximum Gasteiger partial charge on any atom is 2.00 e. The molecule has 3 aromatic heterocycles. The van der Waals surface area contributed by atoms with Crippen molar-refractivity contribution in [2.45, 2.75) is 91.9 Å². The van der Waals surface area contributed by atoms with Crippen molar-refractivity contribution < 1.29 is 25.8 Å². The molecule has 0 aliphatic heterocycles. The first kappa shape index (κ1) is 37.3. The van der Waals surface area contributed by atoms with Crippen LogP contribution in [-0.4, -0.2) is 19.3 Å². The average molecular weight is 868 g/mol. The van der Waals surface area contributed by atoms with E-state index in [0.29, 0.717) is 29.3 Å². The molecule has 7 rings (SSSR count). The third-order valence-corrected chi connectivity index (χ3v) is 10.2. The molecule has 0 saturated heterocycles. The van der Waals surface area contributed by atoms with Crippen molar-refractivity contribution >= 4 is 21.8 Å².